The molecule has 0 unspecified atom stereocenters. The number of hydrogen-bond donors (Lipinski definition) is 0. The Morgan fingerprint density at radius 3 is 1.90 bits per heavy atom. The van der Waals surface area contributed by atoms with Crippen LogP contribution in [0.25, 0.3) is 98.2 Å². The molecule has 224 valence electrons. The van der Waals surface area contributed by atoms with Crippen LogP contribution in [0.15, 0.2) is 156 Å². The molecule has 0 aliphatic heterocycles. The van der Waals surface area contributed by atoms with E-state index >= 15 is 0 Å². The van der Waals surface area contributed by atoms with Crippen LogP contribution in [0.2, 0.25) is 0 Å². The lowest BCUT2D eigenvalue weighted by Crippen LogP contribution is -2.00. The summed E-state index contributed by atoms with van der Waals surface area (Å²) in [6.07, 6.45) is 0. The van der Waals surface area contributed by atoms with E-state index in [-0.39, 0.29) is 0 Å². The van der Waals surface area contributed by atoms with Crippen molar-refractivity contribution < 1.29 is 4.42 Å². The van der Waals surface area contributed by atoms with Crippen molar-refractivity contribution in [2.45, 2.75) is 0 Å². The zero-order valence-electron chi connectivity index (χ0n) is 25.6. The second kappa shape index (κ2) is 10.7. The number of furan rings is 1. The highest BCUT2D eigenvalue weighted by molar-refractivity contribution is 7.25. The highest BCUT2D eigenvalue weighted by atomic mass is 32.1. The minimum absolute atomic E-state index is 0.632. The Morgan fingerprint density at radius 1 is 0.396 bits per heavy atom. The molecule has 10 rings (SSSR count). The molecule has 0 radical (unpaired) electrons. The van der Waals surface area contributed by atoms with E-state index in [4.69, 9.17) is 19.4 Å². The van der Waals surface area contributed by atoms with Gasteiger partial charge in [0.25, 0.3) is 0 Å². The van der Waals surface area contributed by atoms with Crippen LogP contribution in [0.1, 0.15) is 0 Å². The van der Waals surface area contributed by atoms with Gasteiger partial charge in [-0.25, -0.2) is 15.0 Å². The third-order valence-electron chi connectivity index (χ3n) is 9.10. The van der Waals surface area contributed by atoms with Gasteiger partial charge in [-0.05, 0) is 58.3 Å². The van der Waals surface area contributed by atoms with Crippen molar-refractivity contribution in [3.05, 3.63) is 152 Å². The van der Waals surface area contributed by atoms with Gasteiger partial charge >= 0.3 is 0 Å². The van der Waals surface area contributed by atoms with Gasteiger partial charge < -0.3 is 4.42 Å². The van der Waals surface area contributed by atoms with Crippen molar-refractivity contribution in [1.29, 1.82) is 0 Å². The molecule has 0 aliphatic rings. The van der Waals surface area contributed by atoms with Gasteiger partial charge in [0, 0.05) is 47.6 Å². The third kappa shape index (κ3) is 4.40. The number of hydrogen-bond acceptors (Lipinski definition) is 5. The monoisotopic (exact) mass is 631 g/mol. The first kappa shape index (κ1) is 27.0. The van der Waals surface area contributed by atoms with E-state index in [9.17, 15) is 0 Å². The van der Waals surface area contributed by atoms with Gasteiger partial charge in [0.2, 0.25) is 0 Å². The topological polar surface area (TPSA) is 51.8 Å². The molecule has 0 saturated carbocycles. The summed E-state index contributed by atoms with van der Waals surface area (Å²) < 4.78 is 8.87. The number of benzene rings is 7. The summed E-state index contributed by atoms with van der Waals surface area (Å²) in [6.45, 7) is 0. The van der Waals surface area contributed by atoms with Gasteiger partial charge in [0.05, 0.1) is 0 Å². The Bertz CT molecular complexity index is 2850. The van der Waals surface area contributed by atoms with Crippen LogP contribution in [0.4, 0.5) is 0 Å². The second-order valence-electron chi connectivity index (χ2n) is 12.0. The maximum Gasteiger partial charge on any atom is 0.164 e. The zero-order valence-corrected chi connectivity index (χ0v) is 26.4. The van der Waals surface area contributed by atoms with Crippen molar-refractivity contribution >= 4 is 64.2 Å². The molecule has 48 heavy (non-hydrogen) atoms. The number of fused-ring (bicyclic) bond motifs is 7. The Balaban J connectivity index is 1.14. The molecule has 3 aromatic heterocycles. The lowest BCUT2D eigenvalue weighted by atomic mass is 9.97. The third-order valence-corrected chi connectivity index (χ3v) is 10.2. The van der Waals surface area contributed by atoms with E-state index < -0.39 is 0 Å². The molecule has 0 N–H and O–H groups in total. The molecule has 0 aliphatic carbocycles. The maximum absolute atomic E-state index is 6.38. The Labute approximate surface area is 279 Å². The van der Waals surface area contributed by atoms with Crippen LogP contribution in [0.5, 0.6) is 0 Å². The van der Waals surface area contributed by atoms with E-state index in [0.717, 1.165) is 49.8 Å². The van der Waals surface area contributed by atoms with E-state index in [0.29, 0.717) is 17.5 Å². The summed E-state index contributed by atoms with van der Waals surface area (Å²) in [6, 6.07) is 52.7. The minimum atomic E-state index is 0.632. The van der Waals surface area contributed by atoms with Crippen molar-refractivity contribution in [3.8, 4) is 45.3 Å². The normalized spacial score (nSPS) is 11.8. The zero-order chi connectivity index (χ0) is 31.6. The van der Waals surface area contributed by atoms with Gasteiger partial charge in [-0.3, -0.25) is 0 Å². The number of rotatable bonds is 4. The van der Waals surface area contributed by atoms with Crippen LogP contribution >= 0.6 is 11.3 Å². The molecule has 10 aromatic rings. The van der Waals surface area contributed by atoms with Gasteiger partial charge in [0.1, 0.15) is 11.2 Å². The van der Waals surface area contributed by atoms with Gasteiger partial charge in [0.15, 0.2) is 17.5 Å². The molecular formula is C43H25N3OS. The Morgan fingerprint density at radius 2 is 1.04 bits per heavy atom. The standard InChI is InChI=1S/C43H25N3OS/c1-2-10-26(11-3-1)41-44-42(46-43(45-41)31-20-21-34-33-16-6-7-19-38(33)48-39(34)25-31)30-15-8-14-29(22-30)32-17-9-18-36-40(32)35-23-27-12-4-5-13-28(27)24-37(35)47-36/h1-25H. The van der Waals surface area contributed by atoms with Crippen molar-refractivity contribution in [1.82, 2.24) is 15.0 Å². The smallest absolute Gasteiger partial charge is 0.164 e. The Hall–Kier alpha value is -6.17. The SMILES string of the molecule is c1ccc(-c2nc(-c3cccc(-c4cccc5oc6cc7ccccc7cc6c45)c3)nc(-c3ccc4c(c3)sc3ccccc34)n2)cc1. The average molecular weight is 632 g/mol. The van der Waals surface area contributed by atoms with E-state index in [1.165, 1.54) is 30.9 Å². The fourth-order valence-corrected chi connectivity index (χ4v) is 7.94. The first-order chi connectivity index (χ1) is 23.7. The molecule has 3 heterocycles. The lowest BCUT2D eigenvalue weighted by Gasteiger charge is -2.10. The predicted octanol–water partition coefficient (Wildman–Crippen LogP) is 12.0. The summed E-state index contributed by atoms with van der Waals surface area (Å²) in [7, 11) is 0. The van der Waals surface area contributed by atoms with Crippen LogP contribution < -0.4 is 0 Å². The molecule has 4 nitrogen and oxygen atoms in total. The molecule has 0 bridgehead atoms. The molecule has 0 saturated heterocycles. The summed E-state index contributed by atoms with van der Waals surface area (Å²) in [4.78, 5) is 15.1. The van der Waals surface area contributed by atoms with Crippen LogP contribution in [0.3, 0.4) is 0 Å². The largest absolute Gasteiger partial charge is 0.456 e. The second-order valence-corrected chi connectivity index (χ2v) is 13.1. The summed E-state index contributed by atoms with van der Waals surface area (Å²) in [5.41, 5.74) is 6.77. The number of aromatic nitrogens is 3. The quantitative estimate of drug-likeness (QED) is 0.194. The first-order valence-corrected chi connectivity index (χ1v) is 16.7. The fourth-order valence-electron chi connectivity index (χ4n) is 6.79. The van der Waals surface area contributed by atoms with Gasteiger partial charge in [-0.15, -0.1) is 11.3 Å². The van der Waals surface area contributed by atoms with Crippen LogP contribution in [0, 0.1) is 0 Å². The molecule has 7 aromatic carbocycles. The predicted molar refractivity (Wildman–Crippen MR) is 199 cm³/mol. The minimum Gasteiger partial charge on any atom is -0.456 e. The van der Waals surface area contributed by atoms with Gasteiger partial charge in [-0.2, -0.15) is 0 Å². The summed E-state index contributed by atoms with van der Waals surface area (Å²) in [5.74, 6) is 1.93. The molecule has 0 amide bonds. The highest BCUT2D eigenvalue weighted by Gasteiger charge is 2.17. The number of nitrogens with zero attached hydrogens (tertiary/aromatic N) is 3. The molecule has 0 fully saturated rings. The van der Waals surface area contributed by atoms with Crippen molar-refractivity contribution in [2.75, 3.05) is 0 Å². The lowest BCUT2D eigenvalue weighted by molar-refractivity contribution is 0.669. The van der Waals surface area contributed by atoms with Crippen molar-refractivity contribution in [3.63, 3.8) is 0 Å². The maximum atomic E-state index is 6.38. The first-order valence-electron chi connectivity index (χ1n) is 15.9. The van der Waals surface area contributed by atoms with E-state index in [1.54, 1.807) is 11.3 Å². The highest BCUT2D eigenvalue weighted by Crippen LogP contribution is 2.40. The number of thiophene rings is 1. The summed E-state index contributed by atoms with van der Waals surface area (Å²) >= 11 is 1.80. The van der Waals surface area contributed by atoms with E-state index in [1.807, 2.05) is 36.4 Å². The molecular weight excluding hydrogens is 607 g/mol. The molecule has 5 heteroatoms. The summed E-state index contributed by atoms with van der Waals surface area (Å²) in [5, 5.41) is 7.09. The molecule has 0 atom stereocenters. The molecule has 0 spiro atoms. The van der Waals surface area contributed by atoms with E-state index in [2.05, 4.69) is 115 Å². The van der Waals surface area contributed by atoms with Gasteiger partial charge in [-0.1, -0.05) is 115 Å². The average Bonchev–Trinajstić information content (AvgIpc) is 3.71. The fraction of sp³-hybridized carbons (Fsp3) is 0. The van der Waals surface area contributed by atoms with Crippen molar-refractivity contribution in [2.24, 2.45) is 0 Å². The van der Waals surface area contributed by atoms with Crippen LogP contribution in [-0.2, 0) is 0 Å². The Kier molecular flexibility index (Phi) is 6.01. The van der Waals surface area contributed by atoms with Crippen LogP contribution in [-0.4, -0.2) is 15.0 Å².